The van der Waals surface area contributed by atoms with Crippen molar-refractivity contribution in [2.75, 3.05) is 0 Å². The van der Waals surface area contributed by atoms with Crippen molar-refractivity contribution in [1.82, 2.24) is 19.9 Å². The average molecular weight is 524 g/mol. The molecule has 1 unspecified atom stereocenters. The molecule has 8 heteroatoms. The van der Waals surface area contributed by atoms with Crippen molar-refractivity contribution in [3.8, 4) is 5.75 Å². The van der Waals surface area contributed by atoms with Crippen molar-refractivity contribution in [2.24, 2.45) is 0 Å². The highest BCUT2D eigenvalue weighted by molar-refractivity contribution is 7.74. The number of nitrogens with one attached hydrogen (secondary N) is 2. The molecule has 2 aliphatic heterocycles. The standard InChI is InChI=1S/C20H14N4.C10H14O3S/c1-2-14-10-16-5-6-18(23-16)12-20-8-7-19(24-20)11-17-4-3-15(22-17)9-13(1)21-14;1-6-5-7(2)9(4)10(8(6)3)13-14(11)12/h1-12,21-22H;5H,1-4H3,(H,11,12)/p-1. The molecule has 38 heavy (non-hydrogen) atoms. The Bertz CT molecular complexity index is 1660. The number of rotatable bonds is 2. The normalized spacial score (nSPS) is 12.7. The number of hydrogen-bond donors (Lipinski definition) is 2. The van der Waals surface area contributed by atoms with Crippen LogP contribution in [0.2, 0.25) is 0 Å². The van der Waals surface area contributed by atoms with Crippen LogP contribution < -0.4 is 4.18 Å². The van der Waals surface area contributed by atoms with E-state index in [1.54, 1.807) is 0 Å². The van der Waals surface area contributed by atoms with E-state index in [0.717, 1.165) is 67.1 Å². The highest BCUT2D eigenvalue weighted by Crippen LogP contribution is 2.29. The quantitative estimate of drug-likeness (QED) is 0.244. The summed E-state index contributed by atoms with van der Waals surface area (Å²) >= 11 is -2.50. The van der Waals surface area contributed by atoms with Gasteiger partial charge >= 0.3 is 0 Å². The van der Waals surface area contributed by atoms with Crippen LogP contribution in [-0.2, 0) is 11.4 Å². The van der Waals surface area contributed by atoms with Crippen LogP contribution in [-0.4, -0.2) is 28.7 Å². The summed E-state index contributed by atoms with van der Waals surface area (Å²) in [6.45, 7) is 7.57. The Balaban J connectivity index is 0.000000181. The van der Waals surface area contributed by atoms with Gasteiger partial charge in [-0.3, -0.25) is 0 Å². The van der Waals surface area contributed by atoms with Gasteiger partial charge in [-0.05, 0) is 123 Å². The number of nitrogens with zero attached hydrogens (tertiary/aromatic N) is 2. The van der Waals surface area contributed by atoms with Crippen LogP contribution in [0.15, 0.2) is 54.6 Å². The molecule has 1 atom stereocenters. The van der Waals surface area contributed by atoms with E-state index in [0.29, 0.717) is 5.75 Å². The Labute approximate surface area is 223 Å². The molecule has 0 radical (unpaired) electrons. The Kier molecular flexibility index (Phi) is 7.09. The molecule has 7 nitrogen and oxygen atoms in total. The third kappa shape index (κ3) is 5.82. The topological polar surface area (TPSA) is 107 Å². The first-order valence-corrected chi connectivity index (χ1v) is 13.1. The molecule has 1 aromatic carbocycles. The zero-order chi connectivity index (χ0) is 26.8. The molecule has 0 aliphatic carbocycles. The van der Waals surface area contributed by atoms with Crippen molar-refractivity contribution in [2.45, 2.75) is 27.7 Å². The highest BCUT2D eigenvalue weighted by atomic mass is 32.2. The van der Waals surface area contributed by atoms with E-state index in [2.05, 4.69) is 50.3 Å². The molecule has 0 fully saturated rings. The number of aromatic nitrogens is 4. The Morgan fingerprint density at radius 3 is 1.45 bits per heavy atom. The number of benzene rings is 1. The molecule has 4 aromatic rings. The lowest BCUT2D eigenvalue weighted by atomic mass is 10.0. The highest BCUT2D eigenvalue weighted by Gasteiger charge is 2.09. The minimum absolute atomic E-state index is 0.454. The summed E-state index contributed by atoms with van der Waals surface area (Å²) in [6, 6.07) is 18.4. The second kappa shape index (κ2) is 10.6. The lowest BCUT2D eigenvalue weighted by Gasteiger charge is -2.16. The van der Waals surface area contributed by atoms with Gasteiger partial charge in [0.25, 0.3) is 0 Å². The van der Waals surface area contributed by atoms with Crippen molar-refractivity contribution >= 4 is 57.7 Å². The summed E-state index contributed by atoms with van der Waals surface area (Å²) in [5.74, 6) is 0.454. The number of hydrogen-bond acceptors (Lipinski definition) is 5. The maximum Gasteiger partial charge on any atom is 0.145 e. The first-order chi connectivity index (χ1) is 18.2. The molecule has 2 aliphatic rings. The number of H-pyrrole nitrogens is 2. The van der Waals surface area contributed by atoms with Crippen molar-refractivity contribution in [3.05, 3.63) is 99.6 Å². The first-order valence-electron chi connectivity index (χ1n) is 12.1. The van der Waals surface area contributed by atoms with E-state index in [1.807, 2.05) is 76.3 Å². The van der Waals surface area contributed by atoms with Crippen LogP contribution >= 0.6 is 0 Å². The van der Waals surface area contributed by atoms with Gasteiger partial charge in [-0.15, -0.1) is 0 Å². The van der Waals surface area contributed by atoms with Crippen LogP contribution in [0.5, 0.6) is 5.75 Å². The monoisotopic (exact) mass is 523 g/mol. The largest absolute Gasteiger partial charge is 0.740 e. The van der Waals surface area contributed by atoms with Crippen LogP contribution in [0.3, 0.4) is 0 Å². The van der Waals surface area contributed by atoms with Crippen LogP contribution in [0, 0.1) is 27.7 Å². The molecule has 2 N–H and O–H groups in total. The fourth-order valence-corrected chi connectivity index (χ4v) is 4.70. The lowest BCUT2D eigenvalue weighted by Crippen LogP contribution is -2.03. The molecular weight excluding hydrogens is 496 g/mol. The molecule has 0 spiro atoms. The van der Waals surface area contributed by atoms with E-state index in [-0.39, 0.29) is 0 Å². The van der Waals surface area contributed by atoms with E-state index in [9.17, 15) is 8.76 Å². The predicted octanol–water partition coefficient (Wildman–Crippen LogP) is 6.75. The zero-order valence-electron chi connectivity index (χ0n) is 21.5. The molecule has 6 rings (SSSR count). The molecule has 0 amide bonds. The summed E-state index contributed by atoms with van der Waals surface area (Å²) in [4.78, 5) is 16.0. The predicted molar refractivity (Wildman–Crippen MR) is 154 cm³/mol. The second-order valence-electron chi connectivity index (χ2n) is 9.28. The summed E-state index contributed by atoms with van der Waals surface area (Å²) in [5, 5.41) is 0. The molecule has 0 saturated carbocycles. The molecule has 5 heterocycles. The van der Waals surface area contributed by atoms with Gasteiger partial charge in [0.1, 0.15) is 17.1 Å². The fraction of sp³-hybridized carbons (Fsp3) is 0.133. The number of fused-ring (bicyclic) bond motifs is 8. The van der Waals surface area contributed by atoms with E-state index in [4.69, 9.17) is 4.18 Å². The average Bonchev–Trinajstić information content (AvgIpc) is 3.67. The maximum atomic E-state index is 10.5. The van der Waals surface area contributed by atoms with Crippen LogP contribution in [0.25, 0.3) is 46.4 Å². The summed E-state index contributed by atoms with van der Waals surface area (Å²) in [6.07, 6.45) is 8.05. The lowest BCUT2D eigenvalue weighted by molar-refractivity contribution is 0.437. The SMILES string of the molecule is C1=Cc2cc3ccc(cc4ccc(cc5nc(cc1n2)C=C5)[nH]4)[nH]3.Cc1cc(C)c(C)c(OS(=O)[O-])c1C. The van der Waals surface area contributed by atoms with Gasteiger partial charge in [0, 0.05) is 22.1 Å². The minimum Gasteiger partial charge on any atom is -0.740 e. The van der Waals surface area contributed by atoms with Gasteiger partial charge < -0.3 is 18.7 Å². The van der Waals surface area contributed by atoms with Crippen LogP contribution in [0.4, 0.5) is 0 Å². The molecule has 8 bridgehead atoms. The summed E-state index contributed by atoms with van der Waals surface area (Å²) in [7, 11) is 0. The van der Waals surface area contributed by atoms with Gasteiger partial charge in [0.2, 0.25) is 0 Å². The van der Waals surface area contributed by atoms with Gasteiger partial charge in [0.15, 0.2) is 0 Å². The Morgan fingerprint density at radius 1 is 0.632 bits per heavy atom. The third-order valence-electron chi connectivity index (χ3n) is 6.49. The molecule has 0 saturated heterocycles. The minimum atomic E-state index is -2.50. The van der Waals surface area contributed by atoms with Crippen LogP contribution in [0.1, 0.15) is 45.0 Å². The molecular formula is C30H27N4O3S-. The Hall–Kier alpha value is -4.27. The van der Waals surface area contributed by atoms with Gasteiger partial charge in [-0.25, -0.2) is 14.2 Å². The van der Waals surface area contributed by atoms with Gasteiger partial charge in [-0.2, -0.15) is 0 Å². The molecule has 192 valence electrons. The summed E-state index contributed by atoms with van der Waals surface area (Å²) in [5.41, 5.74) is 11.7. The van der Waals surface area contributed by atoms with Gasteiger partial charge in [-0.1, -0.05) is 6.07 Å². The maximum absolute atomic E-state index is 10.5. The Morgan fingerprint density at radius 2 is 1.03 bits per heavy atom. The van der Waals surface area contributed by atoms with Crippen molar-refractivity contribution < 1.29 is 12.9 Å². The zero-order valence-corrected chi connectivity index (χ0v) is 22.3. The van der Waals surface area contributed by atoms with Gasteiger partial charge in [0.05, 0.1) is 22.8 Å². The number of aromatic amines is 2. The van der Waals surface area contributed by atoms with E-state index >= 15 is 0 Å². The van der Waals surface area contributed by atoms with Crippen molar-refractivity contribution in [3.63, 3.8) is 0 Å². The smallest absolute Gasteiger partial charge is 0.145 e. The third-order valence-corrected chi connectivity index (χ3v) is 6.79. The number of aryl methyl sites for hydroxylation is 2. The van der Waals surface area contributed by atoms with E-state index < -0.39 is 11.4 Å². The summed E-state index contributed by atoms with van der Waals surface area (Å²) < 4.78 is 25.7. The molecule has 3 aromatic heterocycles. The second-order valence-corrected chi connectivity index (χ2v) is 9.86. The fourth-order valence-electron chi connectivity index (χ4n) is 4.32. The van der Waals surface area contributed by atoms with E-state index in [1.165, 1.54) is 0 Å². The first kappa shape index (κ1) is 25.4. The van der Waals surface area contributed by atoms with Crippen molar-refractivity contribution in [1.29, 1.82) is 0 Å².